The predicted octanol–water partition coefficient (Wildman–Crippen LogP) is 3.44. The van der Waals surface area contributed by atoms with Gasteiger partial charge in [-0.3, -0.25) is 4.90 Å². The molecule has 1 nitrogen and oxygen atoms in total. The molecule has 1 heteroatoms. The topological polar surface area (TPSA) is 3.24 Å². The highest BCUT2D eigenvalue weighted by molar-refractivity contribution is 4.81. The van der Waals surface area contributed by atoms with Crippen molar-refractivity contribution in [2.24, 2.45) is 0 Å². The molecule has 0 radical (unpaired) electrons. The summed E-state index contributed by atoms with van der Waals surface area (Å²) in [6.45, 7) is 8.37. The first-order valence-electron chi connectivity index (χ1n) is 6.05. The third-order valence-electron chi connectivity index (χ3n) is 3.32. The van der Waals surface area contributed by atoms with E-state index in [-0.39, 0.29) is 0 Å². The van der Waals surface area contributed by atoms with E-state index in [9.17, 15) is 0 Å². The molecule has 1 rings (SSSR count). The number of hydrogen-bond acceptors (Lipinski definition) is 1. The lowest BCUT2D eigenvalue weighted by Crippen LogP contribution is -2.37. The quantitative estimate of drug-likeness (QED) is 0.631. The van der Waals surface area contributed by atoms with Crippen LogP contribution in [0.1, 0.15) is 59.3 Å². The van der Waals surface area contributed by atoms with Gasteiger partial charge in [0.1, 0.15) is 0 Å². The Hall–Kier alpha value is -0.0400. The molecule has 0 aliphatic carbocycles. The van der Waals surface area contributed by atoms with Gasteiger partial charge in [-0.15, -0.1) is 0 Å². The molecule has 0 unspecified atom stereocenters. The molecular weight excluding hydrogens is 158 g/mol. The molecule has 0 N–H and O–H groups in total. The summed E-state index contributed by atoms with van der Waals surface area (Å²) in [5.41, 5.74) is 0. The van der Waals surface area contributed by atoms with Crippen molar-refractivity contribution >= 4 is 0 Å². The smallest absolute Gasteiger partial charge is 0.00978 e. The van der Waals surface area contributed by atoms with Crippen LogP contribution in [0, 0.1) is 0 Å². The van der Waals surface area contributed by atoms with Gasteiger partial charge in [0.15, 0.2) is 0 Å². The Balaban J connectivity index is 2.42. The molecule has 0 aromatic carbocycles. The van der Waals surface area contributed by atoms with Crippen LogP contribution in [0.4, 0.5) is 0 Å². The summed E-state index contributed by atoms with van der Waals surface area (Å²) in [6, 6.07) is 1.73. The minimum Gasteiger partial charge on any atom is -0.298 e. The van der Waals surface area contributed by atoms with Gasteiger partial charge < -0.3 is 0 Å². The third-order valence-corrected chi connectivity index (χ3v) is 3.32. The monoisotopic (exact) mass is 183 g/mol. The second kappa shape index (κ2) is 5.64. The van der Waals surface area contributed by atoms with Gasteiger partial charge in [-0.05, 0) is 39.2 Å². The molecular formula is C12H25N. The van der Waals surface area contributed by atoms with E-state index >= 15 is 0 Å². The van der Waals surface area contributed by atoms with Gasteiger partial charge in [-0.1, -0.05) is 26.7 Å². The SMILES string of the molecule is CCCC(CCC)N1CCC[C@H]1C. The lowest BCUT2D eigenvalue weighted by molar-refractivity contribution is 0.169. The normalized spacial score (nSPS) is 24.5. The van der Waals surface area contributed by atoms with Crippen LogP contribution >= 0.6 is 0 Å². The maximum Gasteiger partial charge on any atom is 0.00978 e. The number of likely N-dealkylation sites (tertiary alicyclic amines) is 1. The molecule has 1 aliphatic heterocycles. The molecule has 0 aromatic heterocycles. The van der Waals surface area contributed by atoms with E-state index in [1.54, 1.807) is 0 Å². The Bertz CT molecular complexity index is 127. The van der Waals surface area contributed by atoms with Crippen molar-refractivity contribution in [2.75, 3.05) is 6.54 Å². The van der Waals surface area contributed by atoms with Crippen molar-refractivity contribution in [3.63, 3.8) is 0 Å². The number of hydrogen-bond donors (Lipinski definition) is 0. The summed E-state index contributed by atoms with van der Waals surface area (Å²) in [6.07, 6.45) is 8.33. The third kappa shape index (κ3) is 2.98. The molecule has 0 saturated carbocycles. The van der Waals surface area contributed by atoms with Crippen LogP contribution in [0.3, 0.4) is 0 Å². The molecule has 13 heavy (non-hydrogen) atoms. The van der Waals surface area contributed by atoms with Crippen LogP contribution in [-0.4, -0.2) is 23.5 Å². The van der Waals surface area contributed by atoms with E-state index in [2.05, 4.69) is 25.7 Å². The second-order valence-electron chi connectivity index (χ2n) is 4.46. The Labute approximate surface area is 83.5 Å². The van der Waals surface area contributed by atoms with Gasteiger partial charge in [0.25, 0.3) is 0 Å². The van der Waals surface area contributed by atoms with Gasteiger partial charge in [0.2, 0.25) is 0 Å². The van der Waals surface area contributed by atoms with Crippen molar-refractivity contribution < 1.29 is 0 Å². The summed E-state index contributed by atoms with van der Waals surface area (Å²) in [4.78, 5) is 2.74. The highest BCUT2D eigenvalue weighted by Gasteiger charge is 2.26. The average Bonchev–Trinajstić information content (AvgIpc) is 2.51. The van der Waals surface area contributed by atoms with Crippen molar-refractivity contribution in [2.45, 2.75) is 71.4 Å². The van der Waals surface area contributed by atoms with E-state index in [4.69, 9.17) is 0 Å². The predicted molar refractivity (Wildman–Crippen MR) is 59.0 cm³/mol. The molecule has 78 valence electrons. The van der Waals surface area contributed by atoms with E-state index in [1.807, 2.05) is 0 Å². The molecule has 0 bridgehead atoms. The first kappa shape index (κ1) is 11.0. The molecule has 1 fully saturated rings. The maximum atomic E-state index is 2.74. The molecule has 1 atom stereocenters. The van der Waals surface area contributed by atoms with Crippen LogP contribution in [0.2, 0.25) is 0 Å². The largest absolute Gasteiger partial charge is 0.298 e. The zero-order valence-electron chi connectivity index (χ0n) is 9.55. The highest BCUT2D eigenvalue weighted by atomic mass is 15.2. The first-order chi connectivity index (χ1) is 6.29. The molecule has 0 spiro atoms. The Morgan fingerprint density at radius 2 is 1.85 bits per heavy atom. The van der Waals surface area contributed by atoms with Crippen LogP contribution in [0.5, 0.6) is 0 Å². The van der Waals surface area contributed by atoms with Crippen molar-refractivity contribution in [3.8, 4) is 0 Å². The van der Waals surface area contributed by atoms with Crippen LogP contribution in [-0.2, 0) is 0 Å². The maximum absolute atomic E-state index is 2.74. The lowest BCUT2D eigenvalue weighted by atomic mass is 10.0. The molecule has 0 aromatic rings. The Morgan fingerprint density at radius 1 is 1.23 bits per heavy atom. The van der Waals surface area contributed by atoms with Gasteiger partial charge in [-0.25, -0.2) is 0 Å². The standard InChI is InChI=1S/C12H25N/c1-4-7-12(8-5-2)13-10-6-9-11(13)3/h11-12H,4-10H2,1-3H3/t11-/m1/s1. The summed E-state index contributed by atoms with van der Waals surface area (Å²) >= 11 is 0. The zero-order chi connectivity index (χ0) is 9.68. The molecule has 0 amide bonds. The number of nitrogens with zero attached hydrogens (tertiary/aromatic N) is 1. The van der Waals surface area contributed by atoms with Gasteiger partial charge >= 0.3 is 0 Å². The summed E-state index contributed by atoms with van der Waals surface area (Å²) in [7, 11) is 0. The fourth-order valence-electron chi connectivity index (χ4n) is 2.64. The summed E-state index contributed by atoms with van der Waals surface area (Å²) < 4.78 is 0. The first-order valence-corrected chi connectivity index (χ1v) is 6.05. The van der Waals surface area contributed by atoms with Crippen LogP contribution in [0.15, 0.2) is 0 Å². The average molecular weight is 183 g/mol. The van der Waals surface area contributed by atoms with Crippen molar-refractivity contribution in [1.29, 1.82) is 0 Å². The van der Waals surface area contributed by atoms with E-state index < -0.39 is 0 Å². The second-order valence-corrected chi connectivity index (χ2v) is 4.46. The Morgan fingerprint density at radius 3 is 2.23 bits per heavy atom. The van der Waals surface area contributed by atoms with Crippen LogP contribution < -0.4 is 0 Å². The summed E-state index contributed by atoms with van der Waals surface area (Å²) in [5, 5.41) is 0. The highest BCUT2D eigenvalue weighted by Crippen LogP contribution is 2.24. The molecule has 1 heterocycles. The fraction of sp³-hybridized carbons (Fsp3) is 1.00. The van der Waals surface area contributed by atoms with Crippen LogP contribution in [0.25, 0.3) is 0 Å². The lowest BCUT2D eigenvalue weighted by Gasteiger charge is -2.31. The minimum atomic E-state index is 0.850. The van der Waals surface area contributed by atoms with Crippen molar-refractivity contribution in [1.82, 2.24) is 4.90 Å². The minimum absolute atomic E-state index is 0.850. The van der Waals surface area contributed by atoms with Gasteiger partial charge in [0.05, 0.1) is 0 Å². The molecule has 1 aliphatic rings. The molecule has 1 saturated heterocycles. The fourth-order valence-corrected chi connectivity index (χ4v) is 2.64. The van der Waals surface area contributed by atoms with Gasteiger partial charge in [0, 0.05) is 12.1 Å². The van der Waals surface area contributed by atoms with E-state index in [0.29, 0.717) is 0 Å². The Kier molecular flexibility index (Phi) is 4.79. The van der Waals surface area contributed by atoms with E-state index in [1.165, 1.54) is 45.1 Å². The van der Waals surface area contributed by atoms with E-state index in [0.717, 1.165) is 12.1 Å². The van der Waals surface area contributed by atoms with Crippen molar-refractivity contribution in [3.05, 3.63) is 0 Å². The van der Waals surface area contributed by atoms with Gasteiger partial charge in [-0.2, -0.15) is 0 Å². The zero-order valence-corrected chi connectivity index (χ0v) is 9.55. The summed E-state index contributed by atoms with van der Waals surface area (Å²) in [5.74, 6) is 0. The number of rotatable bonds is 5.